The van der Waals surface area contributed by atoms with Crippen molar-refractivity contribution in [2.45, 2.75) is 19.3 Å². The molecule has 0 amide bonds. The molecule has 0 atom stereocenters. The van der Waals surface area contributed by atoms with Crippen molar-refractivity contribution in [3.63, 3.8) is 0 Å². The van der Waals surface area contributed by atoms with Crippen molar-refractivity contribution < 1.29 is 0 Å². The maximum Gasteiger partial charge on any atom is 0.145 e. The molecule has 0 spiro atoms. The fourth-order valence-electron chi connectivity index (χ4n) is 6.02. The van der Waals surface area contributed by atoms with E-state index in [9.17, 15) is 0 Å². The van der Waals surface area contributed by atoms with Crippen LogP contribution in [0.3, 0.4) is 0 Å². The quantitative estimate of drug-likeness (QED) is 0.241. The average Bonchev–Trinajstić information content (AvgIpc) is 3.51. The SMILES string of the molecule is CC1(C)c2cc(-c3ccc4sc5ccccc5c4c3)ccc2-n2c(-c3ccncc3)nc3cccc1c32. The summed E-state index contributed by atoms with van der Waals surface area (Å²) in [6, 6.07) is 33.1. The molecule has 0 fully saturated rings. The van der Waals surface area contributed by atoms with E-state index in [1.165, 1.54) is 53.6 Å². The summed E-state index contributed by atoms with van der Waals surface area (Å²) in [5, 5.41) is 2.66. The summed E-state index contributed by atoms with van der Waals surface area (Å²) in [6.45, 7) is 4.67. The van der Waals surface area contributed by atoms with Gasteiger partial charge in [0.1, 0.15) is 5.82 Å². The summed E-state index contributed by atoms with van der Waals surface area (Å²) in [6.07, 6.45) is 3.67. The second kappa shape index (κ2) is 7.37. The fraction of sp³-hybridized carbons (Fsp3) is 0.0909. The zero-order chi connectivity index (χ0) is 24.7. The van der Waals surface area contributed by atoms with E-state index >= 15 is 0 Å². The van der Waals surface area contributed by atoms with E-state index in [0.29, 0.717) is 0 Å². The first kappa shape index (κ1) is 20.9. The Morgan fingerprint density at radius 2 is 1.46 bits per heavy atom. The van der Waals surface area contributed by atoms with Crippen molar-refractivity contribution in [3.05, 3.63) is 115 Å². The van der Waals surface area contributed by atoms with Crippen LogP contribution in [0.5, 0.6) is 0 Å². The molecular formula is C33H23N3S. The molecule has 0 bridgehead atoms. The minimum Gasteiger partial charge on any atom is -0.292 e. The highest BCUT2D eigenvalue weighted by atomic mass is 32.1. The van der Waals surface area contributed by atoms with Crippen LogP contribution in [-0.4, -0.2) is 14.5 Å². The Morgan fingerprint density at radius 1 is 0.676 bits per heavy atom. The first-order valence-corrected chi connectivity index (χ1v) is 13.4. The van der Waals surface area contributed by atoms with Gasteiger partial charge in [-0.3, -0.25) is 9.55 Å². The molecule has 0 aliphatic carbocycles. The van der Waals surface area contributed by atoms with Crippen molar-refractivity contribution >= 4 is 42.5 Å². The van der Waals surface area contributed by atoms with Crippen molar-refractivity contribution in [2.75, 3.05) is 0 Å². The van der Waals surface area contributed by atoms with E-state index in [1.807, 2.05) is 35.9 Å². The maximum atomic E-state index is 5.09. The fourth-order valence-corrected chi connectivity index (χ4v) is 7.11. The molecule has 0 radical (unpaired) electrons. The molecular weight excluding hydrogens is 470 g/mol. The lowest BCUT2D eigenvalue weighted by atomic mass is 9.74. The van der Waals surface area contributed by atoms with Gasteiger partial charge in [-0.05, 0) is 70.8 Å². The first-order valence-electron chi connectivity index (χ1n) is 12.6. The molecule has 3 nitrogen and oxygen atoms in total. The molecule has 4 heterocycles. The van der Waals surface area contributed by atoms with Crippen LogP contribution in [0.2, 0.25) is 0 Å². The number of hydrogen-bond donors (Lipinski definition) is 0. The molecule has 176 valence electrons. The number of rotatable bonds is 2. The lowest BCUT2D eigenvalue weighted by Crippen LogP contribution is -2.26. The Labute approximate surface area is 218 Å². The molecule has 37 heavy (non-hydrogen) atoms. The monoisotopic (exact) mass is 493 g/mol. The number of para-hydroxylation sites is 1. The van der Waals surface area contributed by atoms with Crippen molar-refractivity contribution in [1.82, 2.24) is 14.5 Å². The van der Waals surface area contributed by atoms with Gasteiger partial charge >= 0.3 is 0 Å². The molecule has 3 aromatic heterocycles. The summed E-state index contributed by atoms with van der Waals surface area (Å²) in [7, 11) is 0. The predicted octanol–water partition coefficient (Wildman–Crippen LogP) is 8.76. The van der Waals surface area contributed by atoms with Gasteiger partial charge in [-0.1, -0.05) is 56.3 Å². The van der Waals surface area contributed by atoms with E-state index in [4.69, 9.17) is 4.98 Å². The lowest BCUT2D eigenvalue weighted by Gasteiger charge is -2.35. The summed E-state index contributed by atoms with van der Waals surface area (Å²) < 4.78 is 5.02. The zero-order valence-corrected chi connectivity index (χ0v) is 21.4. The molecule has 8 rings (SSSR count). The Hall–Kier alpha value is -4.28. The minimum atomic E-state index is -0.157. The molecule has 1 aliphatic rings. The average molecular weight is 494 g/mol. The Balaban J connectivity index is 1.38. The van der Waals surface area contributed by atoms with E-state index in [2.05, 4.69) is 102 Å². The van der Waals surface area contributed by atoms with Crippen LogP contribution in [0.1, 0.15) is 25.0 Å². The Morgan fingerprint density at radius 3 is 2.35 bits per heavy atom. The number of hydrogen-bond acceptors (Lipinski definition) is 3. The number of aromatic nitrogens is 3. The molecule has 4 heteroatoms. The molecule has 7 aromatic rings. The van der Waals surface area contributed by atoms with Crippen molar-refractivity contribution in [1.29, 1.82) is 0 Å². The number of fused-ring (bicyclic) bond motifs is 5. The van der Waals surface area contributed by atoms with Gasteiger partial charge < -0.3 is 0 Å². The van der Waals surface area contributed by atoms with Crippen LogP contribution in [0, 0.1) is 0 Å². The number of pyridine rings is 1. The smallest absolute Gasteiger partial charge is 0.145 e. The van der Waals surface area contributed by atoms with Gasteiger partial charge in [-0.2, -0.15) is 0 Å². The van der Waals surface area contributed by atoms with Crippen LogP contribution < -0.4 is 0 Å². The third-order valence-electron chi connectivity index (χ3n) is 7.91. The van der Waals surface area contributed by atoms with Gasteiger partial charge in [0, 0.05) is 43.5 Å². The number of benzene rings is 4. The summed E-state index contributed by atoms with van der Waals surface area (Å²) in [4.78, 5) is 9.32. The van der Waals surface area contributed by atoms with Crippen molar-refractivity contribution in [2.24, 2.45) is 0 Å². The van der Waals surface area contributed by atoms with Crippen LogP contribution in [0.15, 0.2) is 103 Å². The van der Waals surface area contributed by atoms with E-state index in [1.54, 1.807) is 0 Å². The predicted molar refractivity (Wildman–Crippen MR) is 155 cm³/mol. The first-order chi connectivity index (χ1) is 18.1. The second-order valence-corrected chi connectivity index (χ2v) is 11.4. The second-order valence-electron chi connectivity index (χ2n) is 10.3. The summed E-state index contributed by atoms with van der Waals surface area (Å²) in [5.74, 6) is 0.959. The van der Waals surface area contributed by atoms with Crippen LogP contribution in [0.25, 0.3) is 59.4 Å². The van der Waals surface area contributed by atoms with Gasteiger partial charge in [-0.25, -0.2) is 4.98 Å². The normalized spacial score (nSPS) is 13.9. The minimum absolute atomic E-state index is 0.157. The van der Waals surface area contributed by atoms with Crippen LogP contribution in [0.4, 0.5) is 0 Å². The largest absolute Gasteiger partial charge is 0.292 e. The molecule has 1 aliphatic heterocycles. The highest BCUT2D eigenvalue weighted by Crippen LogP contribution is 2.47. The zero-order valence-electron chi connectivity index (χ0n) is 20.6. The molecule has 0 N–H and O–H groups in total. The van der Waals surface area contributed by atoms with Crippen LogP contribution >= 0.6 is 11.3 Å². The topological polar surface area (TPSA) is 30.7 Å². The van der Waals surface area contributed by atoms with Crippen LogP contribution in [-0.2, 0) is 5.41 Å². The highest BCUT2D eigenvalue weighted by molar-refractivity contribution is 7.25. The van der Waals surface area contributed by atoms with E-state index < -0.39 is 0 Å². The summed E-state index contributed by atoms with van der Waals surface area (Å²) >= 11 is 1.86. The number of imidazole rings is 1. The van der Waals surface area contributed by atoms with Crippen molar-refractivity contribution in [3.8, 4) is 28.2 Å². The summed E-state index contributed by atoms with van der Waals surface area (Å²) in [5.41, 5.74) is 9.45. The molecule has 4 aromatic carbocycles. The molecule has 0 saturated carbocycles. The third kappa shape index (κ3) is 2.87. The van der Waals surface area contributed by atoms with Gasteiger partial charge in [-0.15, -0.1) is 11.3 Å². The van der Waals surface area contributed by atoms with Gasteiger partial charge in [0.15, 0.2) is 0 Å². The standard InChI is InChI=1S/C33H23N3S/c1-33(2)25-7-5-8-27-31(25)36(32(35-27)20-14-16-34-17-15-20)28-12-10-22(19-26(28)33)21-11-13-30-24(18-21)23-6-3-4-9-29(23)37-30/h3-19H,1-2H3. The van der Waals surface area contributed by atoms with Gasteiger partial charge in [0.2, 0.25) is 0 Å². The lowest BCUT2D eigenvalue weighted by molar-refractivity contribution is 0.629. The van der Waals surface area contributed by atoms with Gasteiger partial charge in [0.25, 0.3) is 0 Å². The Kier molecular flexibility index (Phi) is 4.16. The number of thiophene rings is 1. The van der Waals surface area contributed by atoms with E-state index in [-0.39, 0.29) is 5.41 Å². The van der Waals surface area contributed by atoms with Gasteiger partial charge in [0.05, 0.1) is 16.7 Å². The molecule has 0 unspecified atom stereocenters. The molecule has 0 saturated heterocycles. The number of nitrogens with zero attached hydrogens (tertiary/aromatic N) is 3. The van der Waals surface area contributed by atoms with E-state index in [0.717, 1.165) is 16.9 Å². The Bertz CT molecular complexity index is 2010. The maximum absolute atomic E-state index is 5.09. The third-order valence-corrected chi connectivity index (χ3v) is 9.06. The highest BCUT2D eigenvalue weighted by Gasteiger charge is 2.36.